The first-order valence-corrected chi connectivity index (χ1v) is 17.8. The summed E-state index contributed by atoms with van der Waals surface area (Å²) in [6.07, 6.45) is 0. The van der Waals surface area contributed by atoms with Crippen LogP contribution in [0.25, 0.3) is 71.6 Å². The Morgan fingerprint density at radius 2 is 0.962 bits per heavy atom. The molecule has 10 aromatic rings. The number of benzene rings is 8. The van der Waals surface area contributed by atoms with Gasteiger partial charge in [-0.1, -0.05) is 121 Å². The summed E-state index contributed by atoms with van der Waals surface area (Å²) in [6, 6.07) is 66.7. The van der Waals surface area contributed by atoms with E-state index in [1.165, 1.54) is 5.56 Å². The maximum absolute atomic E-state index is 13.8. The van der Waals surface area contributed by atoms with Crippen LogP contribution < -0.4 is 10.5 Å². The van der Waals surface area contributed by atoms with Gasteiger partial charge in [-0.25, -0.2) is 0 Å². The van der Waals surface area contributed by atoms with E-state index in [2.05, 4.69) is 120 Å². The lowest BCUT2D eigenvalue weighted by atomic mass is 9.99. The highest BCUT2D eigenvalue weighted by atomic mass is 16.3. The molecular formula is C49H32N2O2. The molecule has 0 N–H and O–H groups in total. The monoisotopic (exact) mass is 680 g/mol. The van der Waals surface area contributed by atoms with Crippen molar-refractivity contribution in [2.45, 2.75) is 0 Å². The lowest BCUT2D eigenvalue weighted by molar-refractivity contribution is 0.669. The molecule has 0 atom stereocenters. The molecular weight excluding hydrogens is 649 g/mol. The Hall–Kier alpha value is -7.17. The normalized spacial score (nSPS) is 11.5. The van der Waals surface area contributed by atoms with Crippen LogP contribution in [-0.4, -0.2) is 4.57 Å². The van der Waals surface area contributed by atoms with Crippen LogP contribution in [0.5, 0.6) is 0 Å². The van der Waals surface area contributed by atoms with Crippen LogP contribution in [0.3, 0.4) is 0 Å². The van der Waals surface area contributed by atoms with Gasteiger partial charge in [0.15, 0.2) is 0 Å². The molecule has 0 unspecified atom stereocenters. The summed E-state index contributed by atoms with van der Waals surface area (Å²) >= 11 is 0. The Morgan fingerprint density at radius 1 is 0.415 bits per heavy atom. The maximum atomic E-state index is 13.8. The van der Waals surface area contributed by atoms with Crippen LogP contribution in [0.15, 0.2) is 203 Å². The third-order valence-corrected chi connectivity index (χ3v) is 10.2. The second-order valence-corrected chi connectivity index (χ2v) is 13.3. The Balaban J connectivity index is 1.12. The molecule has 4 nitrogen and oxygen atoms in total. The van der Waals surface area contributed by atoms with Crippen molar-refractivity contribution in [1.82, 2.24) is 4.57 Å². The highest BCUT2D eigenvalue weighted by Gasteiger charge is 2.20. The van der Waals surface area contributed by atoms with Gasteiger partial charge in [0.2, 0.25) is 0 Å². The molecule has 2 aromatic heterocycles. The summed E-state index contributed by atoms with van der Waals surface area (Å²) in [7, 11) is 0. The van der Waals surface area contributed by atoms with Crippen LogP contribution in [0, 0.1) is 0 Å². The molecule has 250 valence electrons. The van der Waals surface area contributed by atoms with E-state index in [0.717, 1.165) is 77.7 Å². The Morgan fingerprint density at radius 3 is 1.68 bits per heavy atom. The molecule has 0 bridgehead atoms. The minimum Gasteiger partial charge on any atom is -0.456 e. The molecule has 0 fully saturated rings. The summed E-state index contributed by atoms with van der Waals surface area (Å²) < 4.78 is 8.16. The first-order chi connectivity index (χ1) is 26.2. The number of fused-ring (bicyclic) bond motifs is 6. The number of para-hydroxylation sites is 2. The van der Waals surface area contributed by atoms with Crippen molar-refractivity contribution in [2.75, 3.05) is 4.90 Å². The van der Waals surface area contributed by atoms with Crippen molar-refractivity contribution in [2.24, 2.45) is 0 Å². The lowest BCUT2D eigenvalue weighted by Gasteiger charge is -2.26. The summed E-state index contributed by atoms with van der Waals surface area (Å²) in [5, 5.41) is 4.84. The van der Waals surface area contributed by atoms with Crippen LogP contribution in [0.4, 0.5) is 17.1 Å². The topological polar surface area (TPSA) is 38.4 Å². The molecule has 8 aromatic carbocycles. The van der Waals surface area contributed by atoms with E-state index in [4.69, 9.17) is 4.42 Å². The highest BCUT2D eigenvalue weighted by Crippen LogP contribution is 2.43. The van der Waals surface area contributed by atoms with Crippen molar-refractivity contribution >= 4 is 60.7 Å². The quantitative estimate of drug-likeness (QED) is 0.164. The van der Waals surface area contributed by atoms with Crippen LogP contribution in [0.1, 0.15) is 0 Å². The smallest absolute Gasteiger partial charge is 0.263 e. The standard InChI is InChI=1S/C49H32N2O2/c52-49-41-17-8-7-16-40(41)43-32-36(26-31-44(43)51(49)37-14-5-2-6-15-37)35-24-29-39(30-25-35)50(38-27-22-34(23-28-38)33-12-3-1-4-13-33)45-19-11-21-47-48(45)42-18-9-10-20-46(42)53-47/h1-32H. The fraction of sp³-hybridized carbons (Fsp3) is 0. The fourth-order valence-corrected chi connectivity index (χ4v) is 7.70. The molecule has 0 aliphatic carbocycles. The molecule has 0 radical (unpaired) electrons. The van der Waals surface area contributed by atoms with Crippen molar-refractivity contribution in [3.05, 3.63) is 204 Å². The predicted molar refractivity (Wildman–Crippen MR) is 220 cm³/mol. The van der Waals surface area contributed by atoms with Gasteiger partial charge in [-0.3, -0.25) is 9.36 Å². The Kier molecular flexibility index (Phi) is 7.26. The third-order valence-electron chi connectivity index (χ3n) is 10.2. The zero-order valence-electron chi connectivity index (χ0n) is 28.7. The molecule has 0 saturated heterocycles. The van der Waals surface area contributed by atoms with E-state index in [1.807, 2.05) is 83.4 Å². The second kappa shape index (κ2) is 12.6. The number of rotatable bonds is 6. The second-order valence-electron chi connectivity index (χ2n) is 13.3. The lowest BCUT2D eigenvalue weighted by Crippen LogP contribution is -2.19. The number of hydrogen-bond donors (Lipinski definition) is 0. The minimum atomic E-state index is -0.0197. The number of hydrogen-bond acceptors (Lipinski definition) is 3. The van der Waals surface area contributed by atoms with E-state index in [-0.39, 0.29) is 5.56 Å². The molecule has 4 heteroatoms. The summed E-state index contributed by atoms with van der Waals surface area (Å²) in [5.74, 6) is 0. The van der Waals surface area contributed by atoms with E-state index in [1.54, 1.807) is 0 Å². The molecule has 53 heavy (non-hydrogen) atoms. The Bertz CT molecular complexity index is 3000. The van der Waals surface area contributed by atoms with Gasteiger partial charge in [0.25, 0.3) is 5.56 Å². The van der Waals surface area contributed by atoms with Gasteiger partial charge in [-0.2, -0.15) is 0 Å². The van der Waals surface area contributed by atoms with Gasteiger partial charge in [-0.05, 0) is 100 Å². The van der Waals surface area contributed by atoms with Gasteiger partial charge in [0, 0.05) is 33.2 Å². The molecule has 0 aliphatic heterocycles. The molecule has 0 amide bonds. The van der Waals surface area contributed by atoms with Crippen LogP contribution in [0.2, 0.25) is 0 Å². The summed E-state index contributed by atoms with van der Waals surface area (Å²) in [4.78, 5) is 16.1. The Labute approximate surface area is 306 Å². The van der Waals surface area contributed by atoms with Gasteiger partial charge < -0.3 is 9.32 Å². The molecule has 2 heterocycles. The highest BCUT2D eigenvalue weighted by molar-refractivity contribution is 6.13. The SMILES string of the molecule is O=c1c2ccccc2c2cc(-c3ccc(N(c4ccc(-c5ccccc5)cc4)c4cccc5oc6ccccc6c45)cc3)ccc2n1-c1ccccc1. The van der Waals surface area contributed by atoms with E-state index < -0.39 is 0 Å². The minimum absolute atomic E-state index is 0.0197. The van der Waals surface area contributed by atoms with Crippen molar-refractivity contribution in [3.8, 4) is 27.9 Å². The first kappa shape index (κ1) is 30.6. The number of nitrogens with zero attached hydrogens (tertiary/aromatic N) is 2. The van der Waals surface area contributed by atoms with E-state index in [0.29, 0.717) is 5.39 Å². The molecule has 0 saturated carbocycles. The van der Waals surface area contributed by atoms with Crippen LogP contribution in [-0.2, 0) is 0 Å². The molecule has 0 aliphatic rings. The van der Waals surface area contributed by atoms with Crippen LogP contribution >= 0.6 is 0 Å². The largest absolute Gasteiger partial charge is 0.456 e. The third kappa shape index (κ3) is 5.19. The molecule has 0 spiro atoms. The zero-order valence-corrected chi connectivity index (χ0v) is 28.7. The predicted octanol–water partition coefficient (Wildman–Crippen LogP) is 12.8. The zero-order chi connectivity index (χ0) is 35.3. The van der Waals surface area contributed by atoms with Gasteiger partial charge in [0.05, 0.1) is 16.6 Å². The fourth-order valence-electron chi connectivity index (χ4n) is 7.70. The van der Waals surface area contributed by atoms with Crippen molar-refractivity contribution < 1.29 is 4.42 Å². The van der Waals surface area contributed by atoms with Crippen molar-refractivity contribution in [1.29, 1.82) is 0 Å². The number of anilines is 3. The van der Waals surface area contributed by atoms with E-state index in [9.17, 15) is 4.79 Å². The van der Waals surface area contributed by atoms with Gasteiger partial charge in [0.1, 0.15) is 11.2 Å². The van der Waals surface area contributed by atoms with Crippen molar-refractivity contribution in [3.63, 3.8) is 0 Å². The molecule has 10 rings (SSSR count). The average molecular weight is 681 g/mol. The number of furan rings is 1. The number of pyridine rings is 1. The van der Waals surface area contributed by atoms with Gasteiger partial charge in [-0.15, -0.1) is 0 Å². The summed E-state index contributed by atoms with van der Waals surface area (Å²) in [6.45, 7) is 0. The van der Waals surface area contributed by atoms with E-state index >= 15 is 0 Å². The average Bonchev–Trinajstić information content (AvgIpc) is 3.62. The number of aromatic nitrogens is 1. The summed E-state index contributed by atoms with van der Waals surface area (Å²) in [5.41, 5.74) is 11.1. The maximum Gasteiger partial charge on any atom is 0.263 e. The van der Waals surface area contributed by atoms with Gasteiger partial charge >= 0.3 is 0 Å². The first-order valence-electron chi connectivity index (χ1n) is 17.8.